The van der Waals surface area contributed by atoms with Gasteiger partial charge in [0.1, 0.15) is 0 Å². The second-order valence-electron chi connectivity index (χ2n) is 3.14. The van der Waals surface area contributed by atoms with Crippen LogP contribution in [0.5, 0.6) is 5.75 Å². The van der Waals surface area contributed by atoms with Crippen molar-refractivity contribution < 1.29 is 4.84 Å². The van der Waals surface area contributed by atoms with E-state index in [-0.39, 0.29) is 0 Å². The Kier molecular flexibility index (Phi) is 2.74. The van der Waals surface area contributed by atoms with Gasteiger partial charge in [-0.25, -0.2) is 5.48 Å². The summed E-state index contributed by atoms with van der Waals surface area (Å²) in [4.78, 5) is 5.34. The van der Waals surface area contributed by atoms with E-state index in [1.54, 1.807) is 0 Å². The normalized spacial score (nSPS) is 9.60. The summed E-state index contributed by atoms with van der Waals surface area (Å²) in [5.41, 5.74) is 10.0. The van der Waals surface area contributed by atoms with Crippen LogP contribution in [0.25, 0.3) is 0 Å². The van der Waals surface area contributed by atoms with Gasteiger partial charge < -0.3 is 10.6 Å². The molecule has 2 aromatic rings. The Bertz CT molecular complexity index is 411. The van der Waals surface area contributed by atoms with Crippen molar-refractivity contribution in [3.8, 4) is 5.75 Å². The molecule has 0 aromatic heterocycles. The molecular weight excluding hydrogens is 188 g/mol. The van der Waals surface area contributed by atoms with Crippen molar-refractivity contribution in [3.63, 3.8) is 0 Å². The standard InChI is InChI=1S/C12H12N2O/c13-10-6-8-11(9-7-10)14-15-12-4-2-1-3-5-12/h1-9,14H,13H2. The molecule has 0 amide bonds. The lowest BCUT2D eigenvalue weighted by molar-refractivity contribution is 0.405. The Morgan fingerprint density at radius 1 is 0.867 bits per heavy atom. The first kappa shape index (κ1) is 9.40. The third kappa shape index (κ3) is 2.64. The first-order chi connectivity index (χ1) is 7.34. The van der Waals surface area contributed by atoms with Crippen molar-refractivity contribution in [2.24, 2.45) is 0 Å². The van der Waals surface area contributed by atoms with Crippen molar-refractivity contribution in [2.45, 2.75) is 0 Å². The van der Waals surface area contributed by atoms with Crippen molar-refractivity contribution >= 4 is 11.4 Å². The third-order valence-corrected chi connectivity index (χ3v) is 1.94. The van der Waals surface area contributed by atoms with E-state index in [9.17, 15) is 0 Å². The number of anilines is 2. The van der Waals surface area contributed by atoms with Crippen LogP contribution in [0.2, 0.25) is 0 Å². The summed E-state index contributed by atoms with van der Waals surface area (Å²) in [6.45, 7) is 0. The van der Waals surface area contributed by atoms with Crippen LogP contribution in [-0.4, -0.2) is 0 Å². The fraction of sp³-hybridized carbons (Fsp3) is 0. The predicted octanol–water partition coefficient (Wildman–Crippen LogP) is 2.67. The third-order valence-electron chi connectivity index (χ3n) is 1.94. The van der Waals surface area contributed by atoms with Crippen LogP contribution in [0.4, 0.5) is 11.4 Å². The van der Waals surface area contributed by atoms with Crippen LogP contribution in [0.3, 0.4) is 0 Å². The Hall–Kier alpha value is -2.16. The molecule has 0 saturated heterocycles. The summed E-state index contributed by atoms with van der Waals surface area (Å²) >= 11 is 0. The van der Waals surface area contributed by atoms with E-state index < -0.39 is 0 Å². The molecule has 0 heterocycles. The second kappa shape index (κ2) is 4.37. The van der Waals surface area contributed by atoms with Crippen molar-refractivity contribution in [1.29, 1.82) is 0 Å². The summed E-state index contributed by atoms with van der Waals surface area (Å²) in [5, 5.41) is 0. The molecule has 0 atom stereocenters. The fourth-order valence-electron chi connectivity index (χ4n) is 1.16. The maximum absolute atomic E-state index is 5.57. The Labute approximate surface area is 88.4 Å². The lowest BCUT2D eigenvalue weighted by atomic mass is 10.3. The molecule has 3 nitrogen and oxygen atoms in total. The molecular formula is C12H12N2O. The lowest BCUT2D eigenvalue weighted by Gasteiger charge is -2.07. The molecule has 0 aliphatic rings. The largest absolute Gasteiger partial charge is 0.399 e. The number of para-hydroxylation sites is 1. The fourth-order valence-corrected chi connectivity index (χ4v) is 1.16. The zero-order valence-electron chi connectivity index (χ0n) is 8.18. The Morgan fingerprint density at radius 3 is 2.20 bits per heavy atom. The topological polar surface area (TPSA) is 47.3 Å². The van der Waals surface area contributed by atoms with E-state index in [0.717, 1.165) is 17.1 Å². The van der Waals surface area contributed by atoms with Crippen LogP contribution in [-0.2, 0) is 0 Å². The van der Waals surface area contributed by atoms with Gasteiger partial charge in [-0.1, -0.05) is 18.2 Å². The maximum Gasteiger partial charge on any atom is 0.155 e. The summed E-state index contributed by atoms with van der Waals surface area (Å²) in [5.74, 6) is 0.773. The first-order valence-corrected chi connectivity index (χ1v) is 4.68. The van der Waals surface area contributed by atoms with E-state index >= 15 is 0 Å². The number of nitrogen functional groups attached to an aromatic ring is 1. The van der Waals surface area contributed by atoms with Crippen LogP contribution in [0, 0.1) is 0 Å². The minimum Gasteiger partial charge on any atom is -0.399 e. The number of nitrogens with two attached hydrogens (primary N) is 1. The Morgan fingerprint density at radius 2 is 1.53 bits per heavy atom. The predicted molar refractivity (Wildman–Crippen MR) is 61.5 cm³/mol. The molecule has 0 bridgehead atoms. The molecule has 0 spiro atoms. The first-order valence-electron chi connectivity index (χ1n) is 4.68. The minimum atomic E-state index is 0.736. The summed E-state index contributed by atoms with van der Waals surface area (Å²) in [6, 6.07) is 16.9. The number of rotatable bonds is 3. The van der Waals surface area contributed by atoms with E-state index in [1.807, 2.05) is 54.6 Å². The number of hydrogen-bond acceptors (Lipinski definition) is 3. The van der Waals surface area contributed by atoms with Gasteiger partial charge in [-0.05, 0) is 36.4 Å². The summed E-state index contributed by atoms with van der Waals surface area (Å²) < 4.78 is 0. The molecule has 0 saturated carbocycles. The van der Waals surface area contributed by atoms with Crippen LogP contribution in [0.1, 0.15) is 0 Å². The van der Waals surface area contributed by atoms with Crippen LogP contribution in [0.15, 0.2) is 54.6 Å². The van der Waals surface area contributed by atoms with E-state index in [4.69, 9.17) is 10.6 Å². The van der Waals surface area contributed by atoms with Gasteiger partial charge in [0.2, 0.25) is 0 Å². The maximum atomic E-state index is 5.57. The highest BCUT2D eigenvalue weighted by Crippen LogP contribution is 2.13. The summed E-state index contributed by atoms with van der Waals surface area (Å²) in [6.07, 6.45) is 0. The van der Waals surface area contributed by atoms with Gasteiger partial charge in [-0.15, -0.1) is 0 Å². The lowest BCUT2D eigenvalue weighted by Crippen LogP contribution is -2.04. The van der Waals surface area contributed by atoms with Gasteiger partial charge >= 0.3 is 0 Å². The van der Waals surface area contributed by atoms with Gasteiger partial charge in [0.25, 0.3) is 0 Å². The highest BCUT2D eigenvalue weighted by atomic mass is 16.6. The SMILES string of the molecule is Nc1ccc(NOc2ccccc2)cc1. The van der Waals surface area contributed by atoms with Crippen LogP contribution >= 0.6 is 0 Å². The average Bonchev–Trinajstić information content (AvgIpc) is 2.30. The molecule has 76 valence electrons. The molecule has 2 aromatic carbocycles. The van der Waals surface area contributed by atoms with E-state index in [1.165, 1.54) is 0 Å². The molecule has 15 heavy (non-hydrogen) atoms. The highest BCUT2D eigenvalue weighted by Gasteiger charge is 1.93. The number of benzene rings is 2. The van der Waals surface area contributed by atoms with Crippen molar-refractivity contribution in [3.05, 3.63) is 54.6 Å². The average molecular weight is 200 g/mol. The van der Waals surface area contributed by atoms with E-state index in [0.29, 0.717) is 0 Å². The van der Waals surface area contributed by atoms with Gasteiger partial charge in [0, 0.05) is 5.69 Å². The van der Waals surface area contributed by atoms with Gasteiger partial charge in [0.05, 0.1) is 5.69 Å². The molecule has 3 N–H and O–H groups in total. The Balaban J connectivity index is 1.96. The number of hydrogen-bond donors (Lipinski definition) is 2. The zero-order valence-corrected chi connectivity index (χ0v) is 8.18. The molecule has 0 radical (unpaired) electrons. The van der Waals surface area contributed by atoms with E-state index in [2.05, 4.69) is 5.48 Å². The van der Waals surface area contributed by atoms with Gasteiger partial charge in [0.15, 0.2) is 5.75 Å². The van der Waals surface area contributed by atoms with Gasteiger partial charge in [-0.3, -0.25) is 0 Å². The second-order valence-corrected chi connectivity index (χ2v) is 3.14. The number of nitrogens with one attached hydrogen (secondary N) is 1. The molecule has 0 aliphatic heterocycles. The molecule has 0 fully saturated rings. The van der Waals surface area contributed by atoms with Crippen LogP contribution < -0.4 is 16.1 Å². The van der Waals surface area contributed by atoms with Crippen molar-refractivity contribution in [1.82, 2.24) is 0 Å². The smallest absolute Gasteiger partial charge is 0.155 e. The molecule has 3 heteroatoms. The van der Waals surface area contributed by atoms with Crippen molar-refractivity contribution in [2.75, 3.05) is 11.2 Å². The molecule has 0 unspecified atom stereocenters. The monoisotopic (exact) mass is 200 g/mol. The molecule has 0 aliphatic carbocycles. The zero-order chi connectivity index (χ0) is 10.5. The van der Waals surface area contributed by atoms with Gasteiger partial charge in [-0.2, -0.15) is 0 Å². The molecule has 2 rings (SSSR count). The highest BCUT2D eigenvalue weighted by molar-refractivity contribution is 5.50. The quantitative estimate of drug-likeness (QED) is 0.591. The minimum absolute atomic E-state index is 0.736. The summed E-state index contributed by atoms with van der Waals surface area (Å²) in [7, 11) is 0.